The van der Waals surface area contributed by atoms with E-state index in [0.717, 1.165) is 33.7 Å². The molecule has 3 rings (SSSR count). The molecule has 0 atom stereocenters. The lowest BCUT2D eigenvalue weighted by molar-refractivity contribution is 0.0520. The average Bonchev–Trinajstić information content (AvgIpc) is 2.64. The Labute approximate surface area is 171 Å². The summed E-state index contributed by atoms with van der Waals surface area (Å²) in [4.78, 5) is 16.2. The fourth-order valence-corrected chi connectivity index (χ4v) is 2.87. The molecule has 2 aromatic carbocycles. The number of anilines is 2. The van der Waals surface area contributed by atoms with E-state index in [1.165, 1.54) is 0 Å². The quantitative estimate of drug-likeness (QED) is 0.564. The van der Waals surface area contributed by atoms with Gasteiger partial charge in [0.15, 0.2) is 0 Å². The molecule has 0 aliphatic rings. The molecule has 1 aromatic heterocycles. The molecule has 29 heavy (non-hydrogen) atoms. The van der Waals surface area contributed by atoms with Crippen molar-refractivity contribution in [3.05, 3.63) is 60.3 Å². The van der Waals surface area contributed by atoms with Crippen molar-refractivity contribution in [2.75, 3.05) is 18.5 Å². The van der Waals surface area contributed by atoms with E-state index in [1.807, 2.05) is 82.3 Å². The van der Waals surface area contributed by atoms with Crippen molar-refractivity contribution in [1.29, 1.82) is 0 Å². The van der Waals surface area contributed by atoms with Crippen LogP contribution in [0.2, 0.25) is 0 Å². The molecule has 6 nitrogen and oxygen atoms in total. The summed E-state index contributed by atoms with van der Waals surface area (Å²) < 4.78 is 11.0. The largest absolute Gasteiger partial charge is 0.492 e. The minimum absolute atomic E-state index is 0.347. The van der Waals surface area contributed by atoms with Crippen LogP contribution in [0.15, 0.2) is 54.6 Å². The highest BCUT2D eigenvalue weighted by Crippen LogP contribution is 2.27. The number of alkyl carbamates (subject to hydrolysis) is 1. The summed E-state index contributed by atoms with van der Waals surface area (Å²) in [5.41, 5.74) is 3.30. The van der Waals surface area contributed by atoms with E-state index in [0.29, 0.717) is 13.2 Å². The molecule has 0 fully saturated rings. The van der Waals surface area contributed by atoms with E-state index >= 15 is 0 Å². The van der Waals surface area contributed by atoms with Crippen LogP contribution >= 0.6 is 0 Å². The van der Waals surface area contributed by atoms with E-state index in [2.05, 4.69) is 15.6 Å². The zero-order valence-electron chi connectivity index (χ0n) is 17.3. The lowest BCUT2D eigenvalue weighted by Crippen LogP contribution is -2.34. The zero-order valence-corrected chi connectivity index (χ0v) is 17.3. The third-order valence-corrected chi connectivity index (χ3v) is 4.00. The van der Waals surface area contributed by atoms with E-state index < -0.39 is 11.7 Å². The van der Waals surface area contributed by atoms with Gasteiger partial charge in [0.2, 0.25) is 0 Å². The fraction of sp³-hybridized carbons (Fsp3) is 0.304. The number of nitrogens with one attached hydrogen (secondary N) is 2. The van der Waals surface area contributed by atoms with Crippen molar-refractivity contribution in [2.45, 2.75) is 33.3 Å². The summed E-state index contributed by atoms with van der Waals surface area (Å²) in [6.45, 7) is 8.18. The highest BCUT2D eigenvalue weighted by atomic mass is 16.6. The monoisotopic (exact) mass is 393 g/mol. The fourth-order valence-electron chi connectivity index (χ4n) is 2.87. The number of hydrogen-bond donors (Lipinski definition) is 2. The molecule has 0 unspecified atom stereocenters. The second kappa shape index (κ2) is 8.82. The summed E-state index contributed by atoms with van der Waals surface area (Å²) in [6.07, 6.45) is -0.448. The molecule has 3 aromatic rings. The number of fused-ring (bicyclic) bond motifs is 1. The molecule has 0 aliphatic heterocycles. The number of benzene rings is 2. The van der Waals surface area contributed by atoms with Gasteiger partial charge in [0.1, 0.15) is 18.0 Å². The van der Waals surface area contributed by atoms with E-state index in [1.54, 1.807) is 0 Å². The summed E-state index contributed by atoms with van der Waals surface area (Å²) in [7, 11) is 0. The number of pyridine rings is 1. The second-order valence-corrected chi connectivity index (χ2v) is 7.76. The smallest absolute Gasteiger partial charge is 0.407 e. The maximum Gasteiger partial charge on any atom is 0.407 e. The lowest BCUT2D eigenvalue weighted by Gasteiger charge is -2.19. The third-order valence-electron chi connectivity index (χ3n) is 4.00. The van der Waals surface area contributed by atoms with Crippen molar-refractivity contribution >= 4 is 28.4 Å². The molecule has 0 spiro atoms. The summed E-state index contributed by atoms with van der Waals surface area (Å²) in [5, 5.41) is 7.20. The molecule has 0 bridgehead atoms. The van der Waals surface area contributed by atoms with Gasteiger partial charge in [-0.15, -0.1) is 0 Å². The van der Waals surface area contributed by atoms with Crippen LogP contribution in [0.5, 0.6) is 5.75 Å². The van der Waals surface area contributed by atoms with Gasteiger partial charge in [-0.2, -0.15) is 0 Å². The van der Waals surface area contributed by atoms with Crippen molar-refractivity contribution in [1.82, 2.24) is 10.3 Å². The number of carbonyl (C=O) groups is 1. The number of para-hydroxylation sites is 1. The van der Waals surface area contributed by atoms with Crippen LogP contribution in [-0.2, 0) is 4.74 Å². The van der Waals surface area contributed by atoms with Gasteiger partial charge in [-0.25, -0.2) is 4.79 Å². The predicted octanol–water partition coefficient (Wildman–Crippen LogP) is 5.19. The number of aromatic nitrogens is 1. The van der Waals surface area contributed by atoms with E-state index in [-0.39, 0.29) is 0 Å². The molecule has 2 N–H and O–H groups in total. The first kappa shape index (κ1) is 20.5. The van der Waals surface area contributed by atoms with Crippen molar-refractivity contribution < 1.29 is 14.3 Å². The summed E-state index contributed by atoms with van der Waals surface area (Å²) in [5.74, 6) is 0.719. The van der Waals surface area contributed by atoms with Crippen LogP contribution in [0.4, 0.5) is 16.2 Å². The van der Waals surface area contributed by atoms with Gasteiger partial charge in [0.25, 0.3) is 0 Å². The Morgan fingerprint density at radius 3 is 2.66 bits per heavy atom. The van der Waals surface area contributed by atoms with Gasteiger partial charge in [-0.05, 0) is 52.0 Å². The Bertz CT molecular complexity index is 996. The normalized spacial score (nSPS) is 11.2. The Morgan fingerprint density at radius 1 is 1.07 bits per heavy atom. The van der Waals surface area contributed by atoms with Crippen molar-refractivity contribution in [2.24, 2.45) is 0 Å². The van der Waals surface area contributed by atoms with Crippen LogP contribution in [-0.4, -0.2) is 29.8 Å². The van der Waals surface area contributed by atoms with Crippen LogP contribution in [0.3, 0.4) is 0 Å². The van der Waals surface area contributed by atoms with Gasteiger partial charge in [0, 0.05) is 28.5 Å². The van der Waals surface area contributed by atoms with Gasteiger partial charge in [-0.3, -0.25) is 4.98 Å². The molecule has 1 amide bonds. The van der Waals surface area contributed by atoms with Gasteiger partial charge < -0.3 is 20.1 Å². The van der Waals surface area contributed by atoms with Crippen LogP contribution in [0.1, 0.15) is 26.5 Å². The Morgan fingerprint density at radius 2 is 1.86 bits per heavy atom. The zero-order chi connectivity index (χ0) is 20.9. The number of rotatable bonds is 6. The molecule has 0 radical (unpaired) electrons. The van der Waals surface area contributed by atoms with Gasteiger partial charge >= 0.3 is 6.09 Å². The maximum absolute atomic E-state index is 11.7. The van der Waals surface area contributed by atoms with Gasteiger partial charge in [-0.1, -0.05) is 24.3 Å². The van der Waals surface area contributed by atoms with E-state index in [9.17, 15) is 4.79 Å². The molecule has 0 saturated heterocycles. The van der Waals surface area contributed by atoms with E-state index in [4.69, 9.17) is 9.47 Å². The van der Waals surface area contributed by atoms with Crippen LogP contribution in [0, 0.1) is 6.92 Å². The van der Waals surface area contributed by atoms with Crippen molar-refractivity contribution in [3.63, 3.8) is 0 Å². The molecular weight excluding hydrogens is 366 g/mol. The first-order valence-electron chi connectivity index (χ1n) is 9.63. The Hall–Kier alpha value is -3.28. The standard InChI is InChI=1S/C23H27N3O3/c1-16-14-21(19-10-5-6-11-20(19)25-16)26-17-8-7-9-18(15-17)28-13-12-24-22(27)29-23(2,3)4/h5-11,14-15H,12-13H2,1-4H3,(H,24,27)(H,25,26). The van der Waals surface area contributed by atoms with Crippen molar-refractivity contribution in [3.8, 4) is 5.75 Å². The number of carbonyl (C=O) groups excluding carboxylic acids is 1. The molecule has 1 heterocycles. The first-order valence-corrected chi connectivity index (χ1v) is 9.63. The second-order valence-electron chi connectivity index (χ2n) is 7.76. The first-order chi connectivity index (χ1) is 13.8. The summed E-state index contributed by atoms with van der Waals surface area (Å²) in [6, 6.07) is 17.8. The highest BCUT2D eigenvalue weighted by Gasteiger charge is 2.15. The Kier molecular flexibility index (Phi) is 6.22. The maximum atomic E-state index is 11.7. The SMILES string of the molecule is Cc1cc(Nc2cccc(OCCNC(=O)OC(C)(C)C)c2)c2ccccc2n1. The molecular formula is C23H27N3O3. The number of hydrogen-bond acceptors (Lipinski definition) is 5. The summed E-state index contributed by atoms with van der Waals surface area (Å²) >= 11 is 0. The molecule has 6 heteroatoms. The van der Waals surface area contributed by atoms with Gasteiger partial charge in [0.05, 0.1) is 12.1 Å². The third kappa shape index (κ3) is 6.10. The molecule has 0 saturated carbocycles. The van der Waals surface area contributed by atoms with Crippen LogP contribution in [0.25, 0.3) is 10.9 Å². The predicted molar refractivity (Wildman–Crippen MR) is 116 cm³/mol. The minimum atomic E-state index is -0.513. The Balaban J connectivity index is 1.60. The topological polar surface area (TPSA) is 72.5 Å². The number of amides is 1. The minimum Gasteiger partial charge on any atom is -0.492 e. The number of nitrogens with zero attached hydrogens (tertiary/aromatic N) is 1. The molecule has 0 aliphatic carbocycles. The molecule has 152 valence electrons. The highest BCUT2D eigenvalue weighted by molar-refractivity contribution is 5.93. The number of aryl methyl sites for hydroxylation is 1. The lowest BCUT2D eigenvalue weighted by atomic mass is 10.1. The van der Waals surface area contributed by atoms with Crippen LogP contribution < -0.4 is 15.4 Å². The number of ether oxygens (including phenoxy) is 2. The average molecular weight is 393 g/mol.